The number of aromatic nitrogens is 8. The minimum Gasteiger partial charge on any atom is -0.458 e. The Morgan fingerprint density at radius 3 is 2.50 bits per heavy atom. The van der Waals surface area contributed by atoms with E-state index in [1.54, 1.807) is 31.3 Å². The Labute approximate surface area is 342 Å². The summed E-state index contributed by atoms with van der Waals surface area (Å²) in [5.41, 5.74) is 2.22. The molecule has 5 fully saturated rings. The lowest BCUT2D eigenvalue weighted by Gasteiger charge is -2.55. The molecule has 2 aromatic carbocycles. The maximum absolute atomic E-state index is 15.4. The normalized spacial score (nSPS) is 24.2. The Hall–Kier alpha value is -6.37. The fourth-order valence-corrected chi connectivity index (χ4v) is 9.43. The zero-order chi connectivity index (χ0) is 41.1. The van der Waals surface area contributed by atoms with Crippen molar-refractivity contribution in [3.63, 3.8) is 0 Å². The molecule has 6 aliphatic rings. The minimum absolute atomic E-state index is 0. The molecule has 16 nitrogen and oxygen atoms in total. The standard InChI is InChI=1S/C41H39F3N12O4.H2/c1-20-47-31-12-22(43)10-27-30-8-9-45-41(48-30)60-25-14-33(38(57)51(2)17-26(59-3)19-52(20)35(27)31)54(18-25)36-28-15-46-56(32-7-4-21(42)11-29(32)44)37(28)50-40(49-36)55-24-13-34(55)39(58)53(16-24)23-5-6-23;/h4,7-12,15,23-26,33-34H,5-6,13-14,16-19H2,1-3H3;1H/t24-,25+,26-,33+,34?;/m1./s1. The van der Waals surface area contributed by atoms with Crippen molar-refractivity contribution >= 4 is 45.6 Å². The van der Waals surface area contributed by atoms with E-state index in [0.29, 0.717) is 58.8 Å². The summed E-state index contributed by atoms with van der Waals surface area (Å²) in [7, 11) is 3.29. The number of amides is 2. The first kappa shape index (κ1) is 36.7. The van der Waals surface area contributed by atoms with Gasteiger partial charge in [-0.05, 0) is 50.5 Å². The van der Waals surface area contributed by atoms with Gasteiger partial charge in [0, 0.05) is 65.0 Å². The topological polar surface area (TPSA) is 153 Å². The van der Waals surface area contributed by atoms with Gasteiger partial charge in [0.25, 0.3) is 0 Å². The van der Waals surface area contributed by atoms with Gasteiger partial charge in [0.1, 0.15) is 47.2 Å². The SMILES string of the molecule is CO[C@@H]1CN(C)C(=O)[C@@H]2C[C@@H](CN2c2nc(N3C4C[C@@H]3CN(C3CC3)C4=O)nc3c2cnn3-c2ccc(F)cc2F)Oc2nccc(n2)-c2cc(F)cc3nc(C)n(c23)C1.[HH]. The lowest BCUT2D eigenvalue weighted by atomic mass is 9.87. The van der Waals surface area contributed by atoms with Crippen molar-refractivity contribution < 1.29 is 33.7 Å². The highest BCUT2D eigenvalue weighted by Gasteiger charge is 2.55. The van der Waals surface area contributed by atoms with E-state index in [-0.39, 0.29) is 68.1 Å². The predicted octanol–water partition coefficient (Wildman–Crippen LogP) is 4.06. The van der Waals surface area contributed by atoms with Crippen molar-refractivity contribution in [2.75, 3.05) is 43.6 Å². The van der Waals surface area contributed by atoms with E-state index < -0.39 is 41.7 Å². The van der Waals surface area contributed by atoms with Gasteiger partial charge in [-0.1, -0.05) is 0 Å². The van der Waals surface area contributed by atoms with Gasteiger partial charge in [-0.25, -0.2) is 27.8 Å². The van der Waals surface area contributed by atoms with Crippen LogP contribution >= 0.6 is 0 Å². The summed E-state index contributed by atoms with van der Waals surface area (Å²) in [5, 5.41) is 4.92. The maximum atomic E-state index is 15.4. The lowest BCUT2D eigenvalue weighted by Crippen LogP contribution is -2.72. The summed E-state index contributed by atoms with van der Waals surface area (Å²) in [4.78, 5) is 59.7. The molecule has 12 rings (SSSR count). The van der Waals surface area contributed by atoms with E-state index in [2.05, 4.69) is 15.1 Å². The van der Waals surface area contributed by atoms with E-state index in [1.807, 2.05) is 26.2 Å². The minimum atomic E-state index is -0.845. The molecule has 0 N–H and O–H groups in total. The van der Waals surface area contributed by atoms with Crippen molar-refractivity contribution in [1.29, 1.82) is 0 Å². The van der Waals surface area contributed by atoms with E-state index >= 15 is 8.78 Å². The molecular formula is C41H41F3N12O4. The number of anilines is 2. The number of rotatable bonds is 5. The molecule has 4 saturated heterocycles. The van der Waals surface area contributed by atoms with E-state index in [4.69, 9.17) is 24.4 Å². The molecule has 6 aromatic rings. The van der Waals surface area contributed by atoms with Gasteiger partial charge in [-0.2, -0.15) is 20.1 Å². The van der Waals surface area contributed by atoms with Gasteiger partial charge in [-0.15, -0.1) is 0 Å². The summed E-state index contributed by atoms with van der Waals surface area (Å²) >= 11 is 0. The first-order chi connectivity index (χ1) is 29.0. The third-order valence-electron chi connectivity index (χ3n) is 12.5. The second kappa shape index (κ2) is 13.6. The van der Waals surface area contributed by atoms with Crippen LogP contribution in [-0.4, -0.2) is 131 Å². The Morgan fingerprint density at radius 1 is 0.867 bits per heavy atom. The van der Waals surface area contributed by atoms with E-state index in [1.165, 1.54) is 29.1 Å². The van der Waals surface area contributed by atoms with Gasteiger partial charge < -0.3 is 33.6 Å². The zero-order valence-corrected chi connectivity index (χ0v) is 32.9. The molecule has 6 bridgehead atoms. The molecule has 0 radical (unpaired) electrons. The monoisotopic (exact) mass is 822 g/mol. The number of nitrogens with zero attached hydrogens (tertiary/aromatic N) is 12. The number of aryl methyl sites for hydroxylation is 1. The van der Waals surface area contributed by atoms with Crippen molar-refractivity contribution in [2.24, 2.45) is 0 Å². The van der Waals surface area contributed by atoms with Crippen molar-refractivity contribution in [1.82, 2.24) is 49.1 Å². The number of hydrogen-bond donors (Lipinski definition) is 0. The van der Waals surface area contributed by atoms with Crippen molar-refractivity contribution in [3.05, 3.63) is 72.1 Å². The summed E-state index contributed by atoms with van der Waals surface area (Å²) in [6.07, 6.45) is 4.73. The molecule has 5 atom stereocenters. The number of carbonyl (C=O) groups is 2. The van der Waals surface area contributed by atoms with Crippen LogP contribution in [0.4, 0.5) is 24.9 Å². The highest BCUT2D eigenvalue weighted by atomic mass is 19.1. The number of benzene rings is 2. The summed E-state index contributed by atoms with van der Waals surface area (Å²) < 4.78 is 60.3. The average Bonchev–Trinajstić information content (AvgIpc) is 3.73. The Kier molecular flexibility index (Phi) is 8.31. The van der Waals surface area contributed by atoms with Gasteiger partial charge in [0.2, 0.25) is 17.8 Å². The number of halogens is 3. The summed E-state index contributed by atoms with van der Waals surface area (Å²) in [6, 6.07) is 6.62. The number of hydrogen-bond acceptors (Lipinski definition) is 12. The molecule has 1 aliphatic carbocycles. The van der Waals surface area contributed by atoms with Gasteiger partial charge in [-0.3, -0.25) is 9.59 Å². The Balaban J connectivity index is 0.00000445. The number of ether oxygens (including phenoxy) is 2. The largest absolute Gasteiger partial charge is 0.458 e. The Morgan fingerprint density at radius 2 is 1.72 bits per heavy atom. The highest BCUT2D eigenvalue weighted by Crippen LogP contribution is 2.43. The summed E-state index contributed by atoms with van der Waals surface area (Å²) in [5.74, 6) is -1.09. The molecular weight excluding hydrogens is 782 g/mol. The molecule has 9 heterocycles. The third-order valence-corrected chi connectivity index (χ3v) is 12.5. The molecule has 19 heteroatoms. The van der Waals surface area contributed by atoms with E-state index in [0.717, 1.165) is 25.0 Å². The smallest absolute Gasteiger partial charge is 0.317 e. The molecule has 5 aliphatic heterocycles. The molecule has 1 saturated carbocycles. The number of piperazine rings is 1. The Bertz CT molecular complexity index is 2770. The van der Waals surface area contributed by atoms with E-state index in [9.17, 15) is 14.0 Å². The average molecular weight is 823 g/mol. The first-order valence-electron chi connectivity index (χ1n) is 20.0. The number of methoxy groups -OCH3 is 1. The van der Waals surface area contributed by atoms with Crippen molar-refractivity contribution in [3.8, 4) is 23.0 Å². The molecule has 2 amide bonds. The fraction of sp³-hybridized carbons (Fsp3) is 0.415. The van der Waals surface area contributed by atoms with Crippen LogP contribution in [0.15, 0.2) is 48.8 Å². The molecule has 310 valence electrons. The number of imidazole rings is 1. The maximum Gasteiger partial charge on any atom is 0.317 e. The third kappa shape index (κ3) is 5.83. The zero-order valence-electron chi connectivity index (χ0n) is 32.9. The van der Waals surface area contributed by atoms with Crippen molar-refractivity contribution in [2.45, 2.75) is 75.5 Å². The molecule has 60 heavy (non-hydrogen) atoms. The summed E-state index contributed by atoms with van der Waals surface area (Å²) in [6.45, 7) is 3.00. The number of fused-ring (bicyclic) bond motifs is 8. The number of carbonyl (C=O) groups excluding carboxylic acids is 2. The van der Waals surface area contributed by atoms with Crippen LogP contribution in [0.25, 0.3) is 39.0 Å². The lowest BCUT2D eigenvalue weighted by molar-refractivity contribution is -0.140. The van der Waals surface area contributed by atoms with Gasteiger partial charge in [0.15, 0.2) is 11.5 Å². The number of likely N-dealkylation sites (N-methyl/N-ethyl adjacent to an activating group) is 1. The van der Waals surface area contributed by atoms with Gasteiger partial charge in [0.05, 0.1) is 53.5 Å². The predicted molar refractivity (Wildman–Crippen MR) is 212 cm³/mol. The molecule has 0 spiro atoms. The van der Waals surface area contributed by atoms with Gasteiger partial charge >= 0.3 is 6.01 Å². The molecule has 4 aromatic heterocycles. The van der Waals surface area contributed by atoms with Crippen LogP contribution in [0, 0.1) is 24.4 Å². The second-order valence-corrected chi connectivity index (χ2v) is 16.3. The fourth-order valence-electron chi connectivity index (χ4n) is 9.43. The van der Waals surface area contributed by atoms with Crippen LogP contribution in [0.5, 0.6) is 6.01 Å². The van der Waals surface area contributed by atoms with Crippen LogP contribution in [0.3, 0.4) is 0 Å². The van der Waals surface area contributed by atoms with Crippen LogP contribution < -0.4 is 14.5 Å². The van der Waals surface area contributed by atoms with Crippen LogP contribution in [0.1, 0.15) is 32.9 Å². The quantitative estimate of drug-likeness (QED) is 0.247. The molecule has 1 unspecified atom stereocenters. The van der Waals surface area contributed by atoms with Crippen LogP contribution in [0.2, 0.25) is 0 Å². The highest BCUT2D eigenvalue weighted by molar-refractivity contribution is 5.95. The van der Waals surface area contributed by atoms with Crippen LogP contribution in [-0.2, 0) is 20.9 Å². The first-order valence-corrected chi connectivity index (χ1v) is 20.0. The second-order valence-electron chi connectivity index (χ2n) is 16.3. The number of piperidine rings is 1.